The van der Waals surface area contributed by atoms with Crippen molar-refractivity contribution in [3.8, 4) is 0 Å². The zero-order chi connectivity index (χ0) is 19.3. The lowest BCUT2D eigenvalue weighted by molar-refractivity contribution is -0.237. The third kappa shape index (κ3) is 1.59. The Bertz CT molecular complexity index is 781. The predicted molar refractivity (Wildman–Crippen MR) is 102 cm³/mol. The average molecular weight is 387 g/mol. The number of aliphatic hydroxyl groups excluding tert-OH is 1. The van der Waals surface area contributed by atoms with E-state index in [-0.39, 0.29) is 28.5 Å². The monoisotopic (exact) mass is 386 g/mol. The Hall–Kier alpha value is -0.610. The first kappa shape index (κ1) is 17.1. The van der Waals surface area contributed by atoms with E-state index in [1.54, 1.807) is 0 Å². The minimum atomic E-state index is -0.663. The first-order chi connectivity index (χ1) is 13.3. The fourth-order valence-electron chi connectivity index (χ4n) is 10.5. The molecule has 0 aromatic carbocycles. The second-order valence-corrected chi connectivity index (χ2v) is 12.3. The molecule has 4 heteroatoms. The van der Waals surface area contributed by atoms with Crippen molar-refractivity contribution in [1.29, 1.82) is 0 Å². The second kappa shape index (κ2) is 4.66. The average Bonchev–Trinajstić information content (AvgIpc) is 3.54. The van der Waals surface area contributed by atoms with Crippen LogP contribution in [0.3, 0.4) is 0 Å². The third-order valence-corrected chi connectivity index (χ3v) is 11.8. The highest BCUT2D eigenvalue weighted by Crippen LogP contribution is 2.83. The summed E-state index contributed by atoms with van der Waals surface area (Å²) in [4.78, 5) is 12.2. The fraction of sp³-hybridized carbons (Fsp3) is 0.958. The molecular formula is C24H34O4. The third-order valence-electron chi connectivity index (χ3n) is 11.8. The summed E-state index contributed by atoms with van der Waals surface area (Å²) >= 11 is 0. The number of rotatable bonds is 0. The number of hydrogen-bond acceptors (Lipinski definition) is 4. The lowest BCUT2D eigenvalue weighted by atomic mass is 9.42. The van der Waals surface area contributed by atoms with Crippen molar-refractivity contribution in [2.24, 2.45) is 52.3 Å². The van der Waals surface area contributed by atoms with Gasteiger partial charge in [0, 0.05) is 24.2 Å². The number of carbonyl (C=O) groups is 1. The lowest BCUT2D eigenvalue weighted by Gasteiger charge is -2.64. The van der Waals surface area contributed by atoms with E-state index in [1.165, 1.54) is 6.42 Å². The van der Waals surface area contributed by atoms with Crippen LogP contribution in [-0.2, 0) is 9.53 Å². The summed E-state index contributed by atoms with van der Waals surface area (Å²) in [7, 11) is 0. The Balaban J connectivity index is 1.32. The van der Waals surface area contributed by atoms with Gasteiger partial charge in [0.25, 0.3) is 0 Å². The second-order valence-electron chi connectivity index (χ2n) is 12.3. The molecule has 12 atom stereocenters. The first-order valence-corrected chi connectivity index (χ1v) is 11.9. The van der Waals surface area contributed by atoms with E-state index in [0.717, 1.165) is 44.4 Å². The molecule has 154 valence electrons. The van der Waals surface area contributed by atoms with E-state index < -0.39 is 5.60 Å². The zero-order valence-electron chi connectivity index (χ0n) is 17.2. The van der Waals surface area contributed by atoms with Crippen LogP contribution in [0.4, 0.5) is 0 Å². The first-order valence-electron chi connectivity index (χ1n) is 11.9. The quantitative estimate of drug-likeness (QED) is 0.627. The number of carbonyl (C=O) groups excluding carboxylic acids is 1. The molecule has 6 saturated carbocycles. The Kier molecular flexibility index (Phi) is 2.85. The molecule has 1 saturated heterocycles. The standard InChI is InChI=1S/C24H34O4/c1-21-6-3-12(25)11-23(21,27)16-9-13(16)19-15(21)4-7-22(2)20(19)14-10-17(14)24(22)8-5-18(26)28-24/h12-17,19-20,25,27H,3-11H2,1-2H3/t12-,13?,14?,15?,16?,17?,19?,20?,21+,22-,23?,24-/m0/s1. The highest BCUT2D eigenvalue weighted by molar-refractivity contribution is 5.73. The molecule has 7 fully saturated rings. The Morgan fingerprint density at radius 2 is 1.71 bits per heavy atom. The number of aliphatic hydroxyl groups is 2. The van der Waals surface area contributed by atoms with E-state index in [4.69, 9.17) is 4.74 Å². The Morgan fingerprint density at radius 1 is 0.964 bits per heavy atom. The van der Waals surface area contributed by atoms with E-state index in [0.29, 0.717) is 48.3 Å². The maximum atomic E-state index is 12.2. The van der Waals surface area contributed by atoms with Crippen LogP contribution in [0.5, 0.6) is 0 Å². The molecule has 0 bridgehead atoms. The minimum Gasteiger partial charge on any atom is -0.458 e. The van der Waals surface area contributed by atoms with Crippen LogP contribution in [-0.4, -0.2) is 33.5 Å². The van der Waals surface area contributed by atoms with Crippen LogP contribution in [0, 0.1) is 52.3 Å². The SMILES string of the molecule is C[C@]12CCC3C(C4CC4C4(O)C[C@@H](O)CC[C@]34C)C1C1CC1[C@@]21CCC(=O)O1. The Labute approximate surface area is 167 Å². The normalized spacial score (nSPS) is 68.4. The maximum absolute atomic E-state index is 12.2. The largest absolute Gasteiger partial charge is 0.458 e. The van der Waals surface area contributed by atoms with Crippen molar-refractivity contribution in [3.05, 3.63) is 0 Å². The van der Waals surface area contributed by atoms with Gasteiger partial charge in [0.1, 0.15) is 5.60 Å². The summed E-state index contributed by atoms with van der Waals surface area (Å²) in [5, 5.41) is 22.2. The summed E-state index contributed by atoms with van der Waals surface area (Å²) in [6.07, 6.45) is 8.33. The predicted octanol–water partition coefficient (Wildman–Crippen LogP) is 3.29. The van der Waals surface area contributed by atoms with Crippen molar-refractivity contribution < 1.29 is 19.7 Å². The molecule has 1 spiro atoms. The molecule has 2 N–H and O–H groups in total. The van der Waals surface area contributed by atoms with Crippen LogP contribution >= 0.6 is 0 Å². The molecule has 7 aliphatic rings. The molecule has 4 nitrogen and oxygen atoms in total. The minimum absolute atomic E-state index is 0.0326. The van der Waals surface area contributed by atoms with Gasteiger partial charge in [-0.3, -0.25) is 4.79 Å². The van der Waals surface area contributed by atoms with Crippen molar-refractivity contribution in [2.45, 2.75) is 88.9 Å². The van der Waals surface area contributed by atoms with Crippen LogP contribution in [0.1, 0.15) is 71.6 Å². The number of fused-ring (bicyclic) bond motifs is 12. The van der Waals surface area contributed by atoms with Crippen molar-refractivity contribution in [3.63, 3.8) is 0 Å². The van der Waals surface area contributed by atoms with Crippen LogP contribution in [0.15, 0.2) is 0 Å². The molecule has 0 aromatic rings. The molecule has 6 aliphatic carbocycles. The van der Waals surface area contributed by atoms with Gasteiger partial charge in [-0.2, -0.15) is 0 Å². The van der Waals surface area contributed by atoms with E-state index >= 15 is 0 Å². The molecule has 0 amide bonds. The van der Waals surface area contributed by atoms with Crippen LogP contribution in [0.25, 0.3) is 0 Å². The van der Waals surface area contributed by atoms with Gasteiger partial charge in [0.2, 0.25) is 0 Å². The van der Waals surface area contributed by atoms with Gasteiger partial charge in [0.05, 0.1) is 11.7 Å². The number of esters is 1. The van der Waals surface area contributed by atoms with Gasteiger partial charge < -0.3 is 14.9 Å². The van der Waals surface area contributed by atoms with Crippen LogP contribution in [0.2, 0.25) is 0 Å². The van der Waals surface area contributed by atoms with Gasteiger partial charge in [-0.05, 0) is 85.9 Å². The van der Waals surface area contributed by atoms with Crippen LogP contribution < -0.4 is 0 Å². The summed E-state index contributed by atoms with van der Waals surface area (Å²) in [5.74, 6) is 4.33. The lowest BCUT2D eigenvalue weighted by Crippen LogP contribution is -2.65. The highest BCUT2D eigenvalue weighted by Gasteiger charge is 2.82. The van der Waals surface area contributed by atoms with Gasteiger partial charge in [-0.25, -0.2) is 0 Å². The molecule has 0 radical (unpaired) electrons. The Morgan fingerprint density at radius 3 is 2.46 bits per heavy atom. The number of ether oxygens (including phenoxy) is 1. The fourth-order valence-corrected chi connectivity index (χ4v) is 10.5. The molecule has 7 rings (SSSR count). The molecular weight excluding hydrogens is 352 g/mol. The molecule has 1 heterocycles. The van der Waals surface area contributed by atoms with E-state index in [2.05, 4.69) is 13.8 Å². The maximum Gasteiger partial charge on any atom is 0.306 e. The van der Waals surface area contributed by atoms with Gasteiger partial charge >= 0.3 is 5.97 Å². The van der Waals surface area contributed by atoms with Gasteiger partial charge in [-0.1, -0.05) is 13.8 Å². The van der Waals surface area contributed by atoms with Crippen molar-refractivity contribution >= 4 is 5.97 Å². The topological polar surface area (TPSA) is 66.8 Å². The van der Waals surface area contributed by atoms with E-state index in [1.807, 2.05) is 0 Å². The zero-order valence-corrected chi connectivity index (χ0v) is 17.2. The highest BCUT2D eigenvalue weighted by atomic mass is 16.6. The summed E-state index contributed by atoms with van der Waals surface area (Å²) in [5.41, 5.74) is -0.751. The number of hydrogen-bond donors (Lipinski definition) is 2. The summed E-state index contributed by atoms with van der Waals surface area (Å²) in [6.45, 7) is 4.82. The van der Waals surface area contributed by atoms with E-state index in [9.17, 15) is 15.0 Å². The van der Waals surface area contributed by atoms with Crippen molar-refractivity contribution in [1.82, 2.24) is 0 Å². The molecule has 8 unspecified atom stereocenters. The van der Waals surface area contributed by atoms with Crippen molar-refractivity contribution in [2.75, 3.05) is 0 Å². The summed E-state index contributed by atoms with van der Waals surface area (Å²) < 4.78 is 6.21. The molecule has 1 aliphatic heterocycles. The smallest absolute Gasteiger partial charge is 0.306 e. The molecule has 0 aromatic heterocycles. The van der Waals surface area contributed by atoms with Gasteiger partial charge in [0.15, 0.2) is 0 Å². The summed E-state index contributed by atoms with van der Waals surface area (Å²) in [6, 6.07) is 0. The van der Waals surface area contributed by atoms with Gasteiger partial charge in [-0.15, -0.1) is 0 Å². The molecule has 28 heavy (non-hydrogen) atoms.